The Kier molecular flexibility index (Phi) is 13.3. The van der Waals surface area contributed by atoms with Crippen LogP contribution in [-0.2, 0) is 28.4 Å². The van der Waals surface area contributed by atoms with E-state index >= 15 is 0 Å². The fourth-order valence-electron chi connectivity index (χ4n) is 4.57. The van der Waals surface area contributed by atoms with Crippen molar-refractivity contribution < 1.29 is 33.2 Å². The zero-order valence-corrected chi connectivity index (χ0v) is 23.0. The lowest BCUT2D eigenvalue weighted by Crippen LogP contribution is -2.47. The van der Waals surface area contributed by atoms with Gasteiger partial charge in [-0.25, -0.2) is 4.79 Å². The number of ether oxygens (including phenoxy) is 6. The van der Waals surface area contributed by atoms with Gasteiger partial charge >= 0.3 is 6.09 Å². The Hall–Kier alpha value is -0.930. The highest BCUT2D eigenvalue weighted by molar-refractivity contribution is 5.68. The second kappa shape index (κ2) is 15.4. The van der Waals surface area contributed by atoms with Gasteiger partial charge in [0.05, 0.1) is 66.1 Å². The van der Waals surface area contributed by atoms with Gasteiger partial charge in [0.2, 0.25) is 0 Å². The maximum atomic E-state index is 12.5. The van der Waals surface area contributed by atoms with Crippen molar-refractivity contribution in [2.24, 2.45) is 10.8 Å². The molecule has 2 rings (SSSR count). The molecule has 1 saturated carbocycles. The predicted molar refractivity (Wildman–Crippen MR) is 136 cm³/mol. The number of carbonyl (C=O) groups excluding carboxylic acids is 1. The minimum Gasteiger partial charge on any atom is -0.441 e. The standard InChI is InChI=1S/C27H51NO7/c1-6-10-25(4,5)28-24(29)35-23(18-33-20-27(8-3)21-34-22-27)17-31-15-13-30-14-16-32-19-26(7-2)11-9-12-26/h23H,6-22H2,1-5H3,(H,28,29). The van der Waals surface area contributed by atoms with Crippen LogP contribution in [0.1, 0.15) is 79.6 Å². The average molecular weight is 502 g/mol. The van der Waals surface area contributed by atoms with E-state index in [2.05, 4.69) is 26.1 Å². The Morgan fingerprint density at radius 1 is 0.886 bits per heavy atom. The zero-order chi connectivity index (χ0) is 25.6. The molecule has 35 heavy (non-hydrogen) atoms. The third-order valence-corrected chi connectivity index (χ3v) is 7.49. The molecule has 1 heterocycles. The third-order valence-electron chi connectivity index (χ3n) is 7.49. The first-order chi connectivity index (χ1) is 16.8. The molecule has 2 fully saturated rings. The second-order valence-corrected chi connectivity index (χ2v) is 11.1. The van der Waals surface area contributed by atoms with Crippen molar-refractivity contribution in [3.05, 3.63) is 0 Å². The second-order valence-electron chi connectivity index (χ2n) is 11.1. The van der Waals surface area contributed by atoms with Gasteiger partial charge in [0, 0.05) is 11.0 Å². The number of carbonyl (C=O) groups is 1. The smallest absolute Gasteiger partial charge is 0.407 e. The van der Waals surface area contributed by atoms with Crippen molar-refractivity contribution >= 4 is 6.09 Å². The minimum absolute atomic E-state index is 0.0854. The Morgan fingerprint density at radius 2 is 1.49 bits per heavy atom. The summed E-state index contributed by atoms with van der Waals surface area (Å²) >= 11 is 0. The van der Waals surface area contributed by atoms with E-state index in [9.17, 15) is 4.79 Å². The van der Waals surface area contributed by atoms with Crippen LogP contribution in [0, 0.1) is 10.8 Å². The molecule has 8 nitrogen and oxygen atoms in total. The Bertz CT molecular complexity index is 579. The van der Waals surface area contributed by atoms with Crippen molar-refractivity contribution in [1.82, 2.24) is 5.32 Å². The molecule has 1 aliphatic carbocycles. The van der Waals surface area contributed by atoms with E-state index in [4.69, 9.17) is 28.4 Å². The van der Waals surface area contributed by atoms with Gasteiger partial charge in [-0.05, 0) is 51.4 Å². The van der Waals surface area contributed by atoms with Gasteiger partial charge in [0.15, 0.2) is 6.10 Å². The molecule has 2 aliphatic rings. The summed E-state index contributed by atoms with van der Waals surface area (Å²) in [5.74, 6) is 0. The van der Waals surface area contributed by atoms with Gasteiger partial charge in [0.1, 0.15) is 0 Å². The molecule has 1 amide bonds. The van der Waals surface area contributed by atoms with Gasteiger partial charge in [-0.3, -0.25) is 0 Å². The number of alkyl carbamates (subject to hydrolysis) is 1. The van der Waals surface area contributed by atoms with Gasteiger partial charge in [-0.1, -0.05) is 33.6 Å². The number of nitrogens with one attached hydrogen (secondary N) is 1. The van der Waals surface area contributed by atoms with Crippen molar-refractivity contribution in [2.75, 3.05) is 66.1 Å². The molecule has 0 aromatic rings. The number of hydrogen-bond acceptors (Lipinski definition) is 7. The summed E-state index contributed by atoms with van der Waals surface area (Å²) < 4.78 is 34.2. The molecule has 1 saturated heterocycles. The molecule has 0 radical (unpaired) electrons. The minimum atomic E-state index is -0.488. The Labute approximate surface area is 213 Å². The molecule has 1 aliphatic heterocycles. The summed E-state index contributed by atoms with van der Waals surface area (Å²) in [5, 5.41) is 2.95. The molecule has 1 unspecified atom stereocenters. The van der Waals surface area contributed by atoms with E-state index in [1.165, 1.54) is 25.7 Å². The first kappa shape index (κ1) is 30.3. The molecule has 8 heteroatoms. The molecule has 1 atom stereocenters. The van der Waals surface area contributed by atoms with Crippen molar-refractivity contribution in [2.45, 2.75) is 91.2 Å². The Morgan fingerprint density at radius 3 is 2.03 bits per heavy atom. The number of amides is 1. The van der Waals surface area contributed by atoms with Crippen molar-refractivity contribution in [3.8, 4) is 0 Å². The molecule has 0 aromatic heterocycles. The van der Waals surface area contributed by atoms with Crippen LogP contribution in [0.25, 0.3) is 0 Å². The van der Waals surface area contributed by atoms with Gasteiger partial charge < -0.3 is 33.7 Å². The van der Waals surface area contributed by atoms with Gasteiger partial charge in [-0.15, -0.1) is 0 Å². The fourth-order valence-corrected chi connectivity index (χ4v) is 4.57. The van der Waals surface area contributed by atoms with Crippen LogP contribution in [0.2, 0.25) is 0 Å². The molecule has 1 N–H and O–H groups in total. The maximum absolute atomic E-state index is 12.5. The number of hydrogen-bond donors (Lipinski definition) is 1. The van der Waals surface area contributed by atoms with Crippen LogP contribution in [0.5, 0.6) is 0 Å². The average Bonchev–Trinajstić information content (AvgIpc) is 2.75. The summed E-state index contributed by atoms with van der Waals surface area (Å²) in [7, 11) is 0. The van der Waals surface area contributed by atoms with Crippen LogP contribution >= 0.6 is 0 Å². The molecule has 0 bridgehead atoms. The molecular formula is C27H51NO7. The van der Waals surface area contributed by atoms with E-state index in [1.54, 1.807) is 0 Å². The summed E-state index contributed by atoms with van der Waals surface area (Å²) in [5.41, 5.74) is 0.182. The van der Waals surface area contributed by atoms with Crippen LogP contribution in [0.4, 0.5) is 4.79 Å². The summed E-state index contributed by atoms with van der Waals surface area (Å²) in [6.45, 7) is 16.0. The van der Waals surface area contributed by atoms with E-state index in [0.29, 0.717) is 38.4 Å². The van der Waals surface area contributed by atoms with Gasteiger partial charge in [0.25, 0.3) is 0 Å². The van der Waals surface area contributed by atoms with E-state index in [-0.39, 0.29) is 24.2 Å². The van der Waals surface area contributed by atoms with Crippen molar-refractivity contribution in [3.63, 3.8) is 0 Å². The van der Waals surface area contributed by atoms with E-state index in [0.717, 1.165) is 39.1 Å². The predicted octanol–water partition coefficient (Wildman–Crippen LogP) is 4.73. The normalized spacial score (nSPS) is 19.5. The maximum Gasteiger partial charge on any atom is 0.407 e. The van der Waals surface area contributed by atoms with Crippen LogP contribution in [0.3, 0.4) is 0 Å². The fraction of sp³-hybridized carbons (Fsp3) is 0.963. The lowest BCUT2D eigenvalue weighted by Gasteiger charge is -2.40. The highest BCUT2D eigenvalue weighted by Crippen LogP contribution is 2.43. The largest absolute Gasteiger partial charge is 0.441 e. The summed E-state index contributed by atoms with van der Waals surface area (Å²) in [6.07, 6.45) is 7.01. The van der Waals surface area contributed by atoms with E-state index < -0.39 is 12.2 Å². The highest BCUT2D eigenvalue weighted by Gasteiger charge is 2.37. The Balaban J connectivity index is 1.63. The van der Waals surface area contributed by atoms with E-state index in [1.807, 2.05) is 13.8 Å². The number of rotatable bonds is 20. The van der Waals surface area contributed by atoms with Crippen LogP contribution in [0.15, 0.2) is 0 Å². The lowest BCUT2D eigenvalue weighted by molar-refractivity contribution is -0.157. The first-order valence-corrected chi connectivity index (χ1v) is 13.7. The third kappa shape index (κ3) is 10.9. The molecular weight excluding hydrogens is 450 g/mol. The van der Waals surface area contributed by atoms with Gasteiger partial charge in [-0.2, -0.15) is 0 Å². The van der Waals surface area contributed by atoms with Crippen molar-refractivity contribution in [1.29, 1.82) is 0 Å². The topological polar surface area (TPSA) is 84.5 Å². The lowest BCUT2D eigenvalue weighted by atomic mass is 9.68. The highest BCUT2D eigenvalue weighted by atomic mass is 16.6. The quantitative estimate of drug-likeness (QED) is 0.241. The monoisotopic (exact) mass is 501 g/mol. The summed E-state index contributed by atoms with van der Waals surface area (Å²) in [6, 6.07) is 0. The zero-order valence-electron chi connectivity index (χ0n) is 23.0. The van der Waals surface area contributed by atoms with Crippen LogP contribution < -0.4 is 5.32 Å². The molecule has 0 spiro atoms. The SMILES string of the molecule is CCCC(C)(C)NC(=O)OC(COCCOCCOCC1(CC)CCC1)COCC1(CC)COC1. The molecule has 206 valence electrons. The van der Waals surface area contributed by atoms with Crippen LogP contribution in [-0.4, -0.2) is 83.8 Å². The first-order valence-electron chi connectivity index (χ1n) is 13.7. The molecule has 0 aromatic carbocycles. The summed E-state index contributed by atoms with van der Waals surface area (Å²) in [4.78, 5) is 12.5.